The molecule has 0 saturated carbocycles. The Morgan fingerprint density at radius 2 is 2.00 bits per heavy atom. The number of fused-ring (bicyclic) bond motifs is 3. The molecule has 2 heterocycles. The summed E-state index contributed by atoms with van der Waals surface area (Å²) >= 11 is 1.19. The van der Waals surface area contributed by atoms with Gasteiger partial charge >= 0.3 is 0 Å². The van der Waals surface area contributed by atoms with E-state index in [0.717, 1.165) is 11.3 Å². The summed E-state index contributed by atoms with van der Waals surface area (Å²) in [7, 11) is 1.84. The molecule has 1 N–H and O–H groups in total. The molecule has 9 heteroatoms. The first-order valence-electron chi connectivity index (χ1n) is 8.99. The van der Waals surface area contributed by atoms with Crippen molar-refractivity contribution < 1.29 is 13.9 Å². The van der Waals surface area contributed by atoms with Gasteiger partial charge in [-0.2, -0.15) is 0 Å². The van der Waals surface area contributed by atoms with Crippen molar-refractivity contribution in [2.45, 2.75) is 12.1 Å². The molecule has 29 heavy (non-hydrogen) atoms. The fourth-order valence-electron chi connectivity index (χ4n) is 3.01. The minimum absolute atomic E-state index is 0.138. The first kappa shape index (κ1) is 19.1. The fraction of sp³-hybridized carbons (Fsp3) is 0.200. The van der Waals surface area contributed by atoms with Crippen LogP contribution in [-0.2, 0) is 11.8 Å². The summed E-state index contributed by atoms with van der Waals surface area (Å²) in [6.07, 6.45) is 0. The summed E-state index contributed by atoms with van der Waals surface area (Å²) in [6, 6.07) is 11.7. The Labute approximate surface area is 170 Å². The molecular formula is C20H18FN5O2S. The molecule has 4 rings (SSSR count). The summed E-state index contributed by atoms with van der Waals surface area (Å²) in [4.78, 5) is 16.7. The van der Waals surface area contributed by atoms with E-state index in [9.17, 15) is 9.18 Å². The lowest BCUT2D eigenvalue weighted by Gasteiger charge is -2.06. The lowest BCUT2D eigenvalue weighted by Crippen LogP contribution is -2.14. The number of nitrogens with zero attached hydrogens (tertiary/aromatic N) is 4. The first-order chi connectivity index (χ1) is 14.0. The summed E-state index contributed by atoms with van der Waals surface area (Å²) in [5.74, 6) is 0.375. The van der Waals surface area contributed by atoms with Gasteiger partial charge in [-0.25, -0.2) is 9.37 Å². The Balaban J connectivity index is 1.46. The molecule has 1 amide bonds. The second-order valence-electron chi connectivity index (χ2n) is 6.28. The molecule has 0 aliphatic carbocycles. The summed E-state index contributed by atoms with van der Waals surface area (Å²) in [5.41, 5.74) is 2.63. The van der Waals surface area contributed by atoms with Crippen LogP contribution in [0.2, 0.25) is 0 Å². The van der Waals surface area contributed by atoms with E-state index in [2.05, 4.69) is 20.5 Å². The quantitative estimate of drug-likeness (QED) is 0.486. The number of hydrogen-bond acceptors (Lipinski definition) is 6. The molecule has 0 bridgehead atoms. The third-order valence-electron chi connectivity index (χ3n) is 4.32. The number of amides is 1. The molecule has 2 aromatic heterocycles. The van der Waals surface area contributed by atoms with Gasteiger partial charge in [-0.15, -0.1) is 10.2 Å². The monoisotopic (exact) mass is 411 g/mol. The zero-order valence-corrected chi connectivity index (χ0v) is 16.7. The standard InChI is InChI=1S/C20H18FN5O2S/c1-3-28-14-7-5-13(6-8-14)22-17(27)11-29-20-23-19-18(24-25-20)15-10-12(21)4-9-16(15)26(19)2/h4-10H,3,11H2,1-2H3,(H,22,27). The van der Waals surface area contributed by atoms with Gasteiger partial charge in [0, 0.05) is 18.1 Å². The van der Waals surface area contributed by atoms with E-state index in [1.165, 1.54) is 23.9 Å². The first-order valence-corrected chi connectivity index (χ1v) is 9.97. The minimum atomic E-state index is -0.337. The smallest absolute Gasteiger partial charge is 0.234 e. The van der Waals surface area contributed by atoms with Gasteiger partial charge in [0.15, 0.2) is 5.65 Å². The third kappa shape index (κ3) is 4.00. The average molecular weight is 411 g/mol. The molecule has 0 atom stereocenters. The molecule has 2 aromatic carbocycles. The zero-order valence-electron chi connectivity index (χ0n) is 15.8. The Bertz CT molecular complexity index is 1190. The van der Waals surface area contributed by atoms with Crippen LogP contribution in [-0.4, -0.2) is 38.0 Å². The molecule has 0 unspecified atom stereocenters. The predicted molar refractivity (Wildman–Crippen MR) is 111 cm³/mol. The van der Waals surface area contributed by atoms with Crippen LogP contribution in [0.3, 0.4) is 0 Å². The highest BCUT2D eigenvalue weighted by Crippen LogP contribution is 2.27. The van der Waals surface area contributed by atoms with Crippen molar-refractivity contribution in [3.05, 3.63) is 48.3 Å². The summed E-state index contributed by atoms with van der Waals surface area (Å²) in [5, 5.41) is 12.1. The molecule has 0 radical (unpaired) electrons. The Morgan fingerprint density at radius 1 is 1.21 bits per heavy atom. The third-order valence-corrected chi connectivity index (χ3v) is 5.16. The van der Waals surface area contributed by atoms with Gasteiger partial charge in [0.1, 0.15) is 17.1 Å². The van der Waals surface area contributed by atoms with Crippen molar-refractivity contribution in [3.63, 3.8) is 0 Å². The van der Waals surface area contributed by atoms with Crippen LogP contribution >= 0.6 is 11.8 Å². The number of carbonyl (C=O) groups is 1. The van der Waals surface area contributed by atoms with Crippen LogP contribution in [0.5, 0.6) is 5.75 Å². The van der Waals surface area contributed by atoms with E-state index in [1.807, 2.05) is 18.5 Å². The number of halogens is 1. The van der Waals surface area contributed by atoms with Crippen LogP contribution in [0.4, 0.5) is 10.1 Å². The van der Waals surface area contributed by atoms with Crippen LogP contribution in [0, 0.1) is 5.82 Å². The maximum atomic E-state index is 13.6. The summed E-state index contributed by atoms with van der Waals surface area (Å²) in [6.45, 7) is 2.50. The number of ether oxygens (including phenoxy) is 1. The van der Waals surface area contributed by atoms with Crippen molar-refractivity contribution in [1.29, 1.82) is 0 Å². The Morgan fingerprint density at radius 3 is 2.76 bits per heavy atom. The largest absolute Gasteiger partial charge is 0.494 e. The highest BCUT2D eigenvalue weighted by atomic mass is 32.2. The molecule has 7 nitrogen and oxygen atoms in total. The van der Waals surface area contributed by atoms with Gasteiger partial charge in [0.05, 0.1) is 17.9 Å². The number of benzene rings is 2. The number of rotatable bonds is 6. The molecule has 0 aliphatic heterocycles. The van der Waals surface area contributed by atoms with E-state index in [4.69, 9.17) is 4.74 Å². The van der Waals surface area contributed by atoms with E-state index in [-0.39, 0.29) is 17.5 Å². The molecule has 4 aromatic rings. The number of thioether (sulfide) groups is 1. The highest BCUT2D eigenvalue weighted by Gasteiger charge is 2.14. The van der Waals surface area contributed by atoms with Crippen LogP contribution in [0.15, 0.2) is 47.6 Å². The van der Waals surface area contributed by atoms with Gasteiger partial charge in [-0.3, -0.25) is 4.79 Å². The number of aryl methyl sites for hydroxylation is 1. The molecule has 0 spiro atoms. The second-order valence-corrected chi connectivity index (χ2v) is 7.22. The average Bonchev–Trinajstić information content (AvgIpc) is 2.99. The van der Waals surface area contributed by atoms with Gasteiger partial charge < -0.3 is 14.6 Å². The van der Waals surface area contributed by atoms with E-state index in [1.54, 1.807) is 30.3 Å². The van der Waals surface area contributed by atoms with Crippen molar-refractivity contribution in [2.75, 3.05) is 17.7 Å². The lowest BCUT2D eigenvalue weighted by molar-refractivity contribution is -0.113. The lowest BCUT2D eigenvalue weighted by atomic mass is 10.2. The predicted octanol–water partition coefficient (Wildman–Crippen LogP) is 3.79. The maximum Gasteiger partial charge on any atom is 0.234 e. The van der Waals surface area contributed by atoms with Crippen LogP contribution in [0.25, 0.3) is 22.1 Å². The number of carbonyl (C=O) groups excluding carboxylic acids is 1. The van der Waals surface area contributed by atoms with Crippen LogP contribution < -0.4 is 10.1 Å². The van der Waals surface area contributed by atoms with Crippen molar-refractivity contribution in [2.24, 2.45) is 7.05 Å². The Hall–Kier alpha value is -3.20. The van der Waals surface area contributed by atoms with E-state index >= 15 is 0 Å². The number of hydrogen-bond donors (Lipinski definition) is 1. The van der Waals surface area contributed by atoms with Crippen molar-refractivity contribution >= 4 is 45.4 Å². The fourth-order valence-corrected chi connectivity index (χ4v) is 3.59. The zero-order chi connectivity index (χ0) is 20.4. The topological polar surface area (TPSA) is 81.9 Å². The number of anilines is 1. The number of nitrogens with one attached hydrogen (secondary N) is 1. The van der Waals surface area contributed by atoms with Gasteiger partial charge in [-0.05, 0) is 49.4 Å². The second kappa shape index (κ2) is 8.04. The Kier molecular flexibility index (Phi) is 5.30. The normalized spacial score (nSPS) is 11.1. The summed E-state index contributed by atoms with van der Waals surface area (Å²) < 4.78 is 20.8. The van der Waals surface area contributed by atoms with Gasteiger partial charge in [-0.1, -0.05) is 11.8 Å². The minimum Gasteiger partial charge on any atom is -0.494 e. The maximum absolute atomic E-state index is 13.6. The molecular weight excluding hydrogens is 393 g/mol. The van der Waals surface area contributed by atoms with Crippen molar-refractivity contribution in [1.82, 2.24) is 19.7 Å². The van der Waals surface area contributed by atoms with E-state index < -0.39 is 0 Å². The SMILES string of the molecule is CCOc1ccc(NC(=O)CSc2nnc3c4cc(F)ccc4n(C)c3n2)cc1. The molecule has 0 fully saturated rings. The van der Waals surface area contributed by atoms with E-state index in [0.29, 0.717) is 34.0 Å². The van der Waals surface area contributed by atoms with Crippen LogP contribution in [0.1, 0.15) is 6.92 Å². The highest BCUT2D eigenvalue weighted by molar-refractivity contribution is 7.99. The molecule has 0 saturated heterocycles. The van der Waals surface area contributed by atoms with Crippen molar-refractivity contribution in [3.8, 4) is 5.75 Å². The van der Waals surface area contributed by atoms with Gasteiger partial charge in [0.25, 0.3) is 0 Å². The molecule has 148 valence electrons. The number of aromatic nitrogens is 4. The van der Waals surface area contributed by atoms with Gasteiger partial charge in [0.2, 0.25) is 11.1 Å². The molecule has 0 aliphatic rings.